The molecule has 3 heterocycles. The molecule has 27 heavy (non-hydrogen) atoms. The molecule has 0 aliphatic rings. The van der Waals surface area contributed by atoms with Gasteiger partial charge in [0.05, 0.1) is 15.1 Å². The van der Waals surface area contributed by atoms with Gasteiger partial charge in [0.2, 0.25) is 11.6 Å². The van der Waals surface area contributed by atoms with Crippen LogP contribution in [0.4, 0.5) is 28.3 Å². The van der Waals surface area contributed by atoms with Crippen molar-refractivity contribution in [3.05, 3.63) is 52.0 Å². The normalized spacial score (nSPS) is 10.9. The van der Waals surface area contributed by atoms with Gasteiger partial charge in [-0.1, -0.05) is 22.6 Å². The van der Waals surface area contributed by atoms with E-state index in [0.29, 0.717) is 16.7 Å². The second kappa shape index (κ2) is 6.61. The molecule has 0 radical (unpaired) electrons. The van der Waals surface area contributed by atoms with Crippen molar-refractivity contribution < 1.29 is 9.45 Å². The number of nitro groups is 1. The van der Waals surface area contributed by atoms with Crippen LogP contribution in [0.15, 0.2) is 35.1 Å². The number of hydrogen-bond acceptors (Lipinski definition) is 10. The molecule has 0 saturated heterocycles. The molecule has 0 aliphatic heterocycles. The molecule has 0 unspecified atom stereocenters. The lowest BCUT2D eigenvalue weighted by atomic mass is 10.2. The second-order valence-electron chi connectivity index (χ2n) is 5.74. The summed E-state index contributed by atoms with van der Waals surface area (Å²) < 4.78 is 5.93. The smallest absolute Gasteiger partial charge is 0.354 e. The Kier molecular flexibility index (Phi) is 4.12. The van der Waals surface area contributed by atoms with Gasteiger partial charge in [0.1, 0.15) is 12.1 Å². The Balaban J connectivity index is 1.70. The van der Waals surface area contributed by atoms with Gasteiger partial charge in [0.15, 0.2) is 10.9 Å². The second-order valence-corrected chi connectivity index (χ2v) is 6.77. The van der Waals surface area contributed by atoms with Crippen LogP contribution in [0.25, 0.3) is 10.2 Å². The summed E-state index contributed by atoms with van der Waals surface area (Å²) in [6, 6.07) is 7.47. The summed E-state index contributed by atoms with van der Waals surface area (Å²) in [5.41, 5.74) is 1.61. The zero-order chi connectivity index (χ0) is 19.0. The minimum Gasteiger partial charge on any atom is -0.360 e. The molecule has 0 amide bonds. The van der Waals surface area contributed by atoms with E-state index < -0.39 is 4.92 Å². The highest BCUT2D eigenvalue weighted by Gasteiger charge is 2.24. The zero-order valence-corrected chi connectivity index (χ0v) is 15.1. The van der Waals surface area contributed by atoms with Gasteiger partial charge in [-0.25, -0.2) is 15.0 Å². The molecule has 0 saturated carbocycles. The maximum absolute atomic E-state index is 11.6. The molecule has 11 heteroatoms. The number of hydrogen-bond donors (Lipinski definition) is 2. The lowest BCUT2D eigenvalue weighted by Crippen LogP contribution is -2.05. The molecule has 0 fully saturated rings. The van der Waals surface area contributed by atoms with Crippen molar-refractivity contribution in [1.82, 2.24) is 20.1 Å². The van der Waals surface area contributed by atoms with Crippen LogP contribution in [0.5, 0.6) is 0 Å². The molecule has 0 atom stereocenters. The fourth-order valence-corrected chi connectivity index (χ4v) is 3.43. The van der Waals surface area contributed by atoms with Crippen molar-refractivity contribution in [2.45, 2.75) is 13.8 Å². The van der Waals surface area contributed by atoms with Gasteiger partial charge in [0.25, 0.3) is 0 Å². The SMILES string of the molecule is Cc1ccc2nc(Nc3ncnc(Nc4cc(C)on4)c3[N+](=O)[O-])sc2c1. The van der Waals surface area contributed by atoms with Crippen LogP contribution in [0.3, 0.4) is 0 Å². The van der Waals surface area contributed by atoms with E-state index in [4.69, 9.17) is 4.52 Å². The lowest BCUT2D eigenvalue weighted by molar-refractivity contribution is -0.383. The molecule has 4 rings (SSSR count). The minimum absolute atomic E-state index is 0.00255. The van der Waals surface area contributed by atoms with Crippen molar-refractivity contribution >= 4 is 49.8 Å². The molecular weight excluding hydrogens is 370 g/mol. The highest BCUT2D eigenvalue weighted by Crippen LogP contribution is 2.35. The topological polar surface area (TPSA) is 132 Å². The molecule has 10 nitrogen and oxygen atoms in total. The third-order valence-corrected chi connectivity index (χ3v) is 4.58. The number of rotatable bonds is 5. The van der Waals surface area contributed by atoms with E-state index in [-0.39, 0.29) is 17.3 Å². The summed E-state index contributed by atoms with van der Waals surface area (Å²) in [6.07, 6.45) is 1.22. The average Bonchev–Trinajstić information content (AvgIpc) is 3.19. The summed E-state index contributed by atoms with van der Waals surface area (Å²) >= 11 is 1.39. The van der Waals surface area contributed by atoms with Crippen molar-refractivity contribution in [3.63, 3.8) is 0 Å². The number of aromatic nitrogens is 4. The average molecular weight is 383 g/mol. The number of thiazole rings is 1. The van der Waals surface area contributed by atoms with Gasteiger partial charge in [-0.2, -0.15) is 0 Å². The fraction of sp³-hybridized carbons (Fsp3) is 0.125. The first kappa shape index (κ1) is 16.8. The Morgan fingerprint density at radius 1 is 1.15 bits per heavy atom. The quantitative estimate of drug-likeness (QED) is 0.386. The van der Waals surface area contributed by atoms with Crippen LogP contribution in [-0.4, -0.2) is 25.0 Å². The number of anilines is 4. The standard InChI is InChI=1S/C16H13N7O3S/c1-8-3-4-10-11(5-8)27-16(19-10)21-15-13(23(24)25)14(17-7-18-15)20-12-6-9(2)26-22-12/h3-7H,1-2H3,(H2,17,18,19,20,21,22). The first-order chi connectivity index (χ1) is 13.0. The third kappa shape index (κ3) is 3.40. The number of fused-ring (bicyclic) bond motifs is 1. The van der Waals surface area contributed by atoms with E-state index in [1.807, 2.05) is 25.1 Å². The summed E-state index contributed by atoms with van der Waals surface area (Å²) in [7, 11) is 0. The monoisotopic (exact) mass is 383 g/mol. The maximum atomic E-state index is 11.6. The van der Waals surface area contributed by atoms with Crippen LogP contribution in [0.1, 0.15) is 11.3 Å². The van der Waals surface area contributed by atoms with Gasteiger partial charge in [0, 0.05) is 6.07 Å². The summed E-state index contributed by atoms with van der Waals surface area (Å²) in [5.74, 6) is 0.921. The number of benzene rings is 1. The van der Waals surface area contributed by atoms with Gasteiger partial charge in [-0.05, 0) is 31.5 Å². The van der Waals surface area contributed by atoms with E-state index in [2.05, 4.69) is 30.7 Å². The van der Waals surface area contributed by atoms with Crippen molar-refractivity contribution in [3.8, 4) is 0 Å². The van der Waals surface area contributed by atoms with Crippen molar-refractivity contribution in [2.75, 3.05) is 10.6 Å². The van der Waals surface area contributed by atoms with Gasteiger partial charge < -0.3 is 15.2 Å². The Morgan fingerprint density at radius 3 is 2.63 bits per heavy atom. The Bertz CT molecular complexity index is 1150. The number of nitrogens with one attached hydrogen (secondary N) is 2. The number of nitrogens with zero attached hydrogens (tertiary/aromatic N) is 5. The maximum Gasteiger partial charge on any atom is 0.354 e. The molecule has 1 aromatic carbocycles. The highest BCUT2D eigenvalue weighted by atomic mass is 32.1. The van der Waals surface area contributed by atoms with Crippen LogP contribution < -0.4 is 10.6 Å². The van der Waals surface area contributed by atoms with E-state index in [1.54, 1.807) is 13.0 Å². The molecule has 4 aromatic rings. The number of aryl methyl sites for hydroxylation is 2. The van der Waals surface area contributed by atoms with Crippen molar-refractivity contribution in [2.24, 2.45) is 0 Å². The molecule has 2 N–H and O–H groups in total. The highest BCUT2D eigenvalue weighted by molar-refractivity contribution is 7.22. The van der Waals surface area contributed by atoms with E-state index in [1.165, 1.54) is 17.7 Å². The molecule has 0 aliphatic carbocycles. The minimum atomic E-state index is -0.560. The third-order valence-electron chi connectivity index (χ3n) is 3.65. The van der Waals surface area contributed by atoms with Crippen LogP contribution in [0.2, 0.25) is 0 Å². The largest absolute Gasteiger partial charge is 0.360 e. The first-order valence-corrected chi connectivity index (χ1v) is 8.65. The first-order valence-electron chi connectivity index (χ1n) is 7.83. The molecule has 0 bridgehead atoms. The van der Waals surface area contributed by atoms with Crippen LogP contribution >= 0.6 is 11.3 Å². The molecular formula is C16H13N7O3S. The van der Waals surface area contributed by atoms with Gasteiger partial charge in [-0.15, -0.1) is 0 Å². The molecule has 136 valence electrons. The Hall–Kier alpha value is -3.60. The van der Waals surface area contributed by atoms with Gasteiger partial charge in [-0.3, -0.25) is 10.1 Å². The summed E-state index contributed by atoms with van der Waals surface area (Å²) in [5, 5.41) is 21.6. The lowest BCUT2D eigenvalue weighted by Gasteiger charge is -2.06. The van der Waals surface area contributed by atoms with E-state index in [0.717, 1.165) is 15.8 Å². The van der Waals surface area contributed by atoms with E-state index in [9.17, 15) is 10.1 Å². The Morgan fingerprint density at radius 2 is 1.93 bits per heavy atom. The zero-order valence-electron chi connectivity index (χ0n) is 14.3. The summed E-state index contributed by atoms with van der Waals surface area (Å²) in [4.78, 5) is 23.5. The molecule has 0 spiro atoms. The molecule has 3 aromatic heterocycles. The predicted molar refractivity (Wildman–Crippen MR) is 101 cm³/mol. The summed E-state index contributed by atoms with van der Waals surface area (Å²) in [6.45, 7) is 3.71. The fourth-order valence-electron chi connectivity index (χ4n) is 2.47. The Labute approximate surface area is 156 Å². The van der Waals surface area contributed by atoms with Crippen LogP contribution in [-0.2, 0) is 0 Å². The predicted octanol–water partition coefficient (Wildman–Crippen LogP) is 4.09. The van der Waals surface area contributed by atoms with Gasteiger partial charge >= 0.3 is 5.69 Å². The van der Waals surface area contributed by atoms with Crippen LogP contribution in [0, 0.1) is 24.0 Å². The van der Waals surface area contributed by atoms with Crippen molar-refractivity contribution in [1.29, 1.82) is 0 Å². The van der Waals surface area contributed by atoms with E-state index >= 15 is 0 Å².